The molecule has 3 aliphatic rings. The maximum Gasteiger partial charge on any atom is 0.430 e. The van der Waals surface area contributed by atoms with E-state index in [0.29, 0.717) is 48.5 Å². The van der Waals surface area contributed by atoms with Gasteiger partial charge in [0.1, 0.15) is 25.3 Å². The van der Waals surface area contributed by atoms with Gasteiger partial charge in [-0.25, -0.2) is 4.79 Å². The first-order valence-corrected chi connectivity index (χ1v) is 15.4. The second-order valence-corrected chi connectivity index (χ2v) is 12.5. The van der Waals surface area contributed by atoms with E-state index >= 15 is 0 Å². The number of halogens is 6. The first kappa shape index (κ1) is 35.1. The van der Waals surface area contributed by atoms with Crippen molar-refractivity contribution in [2.45, 2.75) is 76.1 Å². The molecule has 2 saturated heterocycles. The monoisotopic (exact) mass is 686 g/mol. The van der Waals surface area contributed by atoms with Gasteiger partial charge in [-0.15, -0.1) is 0 Å². The molecule has 16 heteroatoms. The van der Waals surface area contributed by atoms with Gasteiger partial charge in [-0.2, -0.15) is 26.3 Å². The highest BCUT2D eigenvalue weighted by atomic mass is 19.4. The fourth-order valence-corrected chi connectivity index (χ4v) is 6.47. The lowest BCUT2D eigenvalue weighted by atomic mass is 9.89. The number of aryl methyl sites for hydroxylation is 1. The van der Waals surface area contributed by atoms with Crippen LogP contribution in [-0.4, -0.2) is 90.0 Å². The van der Waals surface area contributed by atoms with Gasteiger partial charge in [0.15, 0.2) is 11.5 Å². The fourth-order valence-electron chi connectivity index (χ4n) is 6.47. The van der Waals surface area contributed by atoms with E-state index in [1.54, 1.807) is 43.9 Å². The molecule has 2 aromatic rings. The number of carbonyl (C=O) groups excluding carboxylic acids is 3. The van der Waals surface area contributed by atoms with Crippen LogP contribution in [0.3, 0.4) is 0 Å². The van der Waals surface area contributed by atoms with Crippen LogP contribution in [0.4, 0.5) is 36.8 Å². The first-order valence-electron chi connectivity index (χ1n) is 15.4. The number of urea groups is 1. The van der Waals surface area contributed by atoms with Crippen LogP contribution >= 0.6 is 0 Å². The second-order valence-electron chi connectivity index (χ2n) is 12.5. The van der Waals surface area contributed by atoms with Gasteiger partial charge >= 0.3 is 18.4 Å². The number of anilines is 1. The lowest BCUT2D eigenvalue weighted by Crippen LogP contribution is -2.60. The maximum absolute atomic E-state index is 13.6. The number of fused-ring (bicyclic) bond motifs is 1. The number of nitrogens with one attached hydrogen (secondary N) is 1. The van der Waals surface area contributed by atoms with Crippen molar-refractivity contribution in [1.82, 2.24) is 15.1 Å². The molecule has 0 radical (unpaired) electrons. The van der Waals surface area contributed by atoms with E-state index in [4.69, 9.17) is 9.47 Å². The summed E-state index contributed by atoms with van der Waals surface area (Å²) in [4.78, 5) is 44.2. The Hall–Kier alpha value is -4.21. The highest BCUT2D eigenvalue weighted by molar-refractivity contribution is 6.09. The summed E-state index contributed by atoms with van der Waals surface area (Å²) >= 11 is 0. The molecular weight excluding hydrogens is 650 g/mol. The molecule has 48 heavy (non-hydrogen) atoms. The van der Waals surface area contributed by atoms with Crippen LogP contribution in [0.25, 0.3) is 0 Å². The van der Waals surface area contributed by atoms with Crippen molar-refractivity contribution in [3.8, 4) is 11.5 Å². The normalized spacial score (nSPS) is 23.4. The van der Waals surface area contributed by atoms with Crippen LogP contribution in [0.5, 0.6) is 11.5 Å². The Bertz CT molecular complexity index is 1590. The van der Waals surface area contributed by atoms with E-state index in [9.17, 15) is 45.8 Å². The van der Waals surface area contributed by atoms with Crippen LogP contribution in [0.15, 0.2) is 36.4 Å². The van der Waals surface area contributed by atoms with Crippen LogP contribution in [0.1, 0.15) is 50.8 Å². The summed E-state index contributed by atoms with van der Waals surface area (Å²) in [7, 11) is 0. The Labute approximate surface area is 272 Å². The molecule has 5 rings (SSSR count). The first-order chi connectivity index (χ1) is 22.3. The second kappa shape index (κ2) is 12.3. The number of alkyl halides is 6. The zero-order chi connectivity index (χ0) is 35.4. The zero-order valence-corrected chi connectivity index (χ0v) is 26.7. The molecule has 4 amide bonds. The molecule has 0 bridgehead atoms. The van der Waals surface area contributed by atoms with Crippen molar-refractivity contribution in [3.63, 3.8) is 0 Å². The lowest BCUT2D eigenvalue weighted by molar-refractivity contribution is -0.376. The van der Waals surface area contributed by atoms with Gasteiger partial charge < -0.3 is 29.7 Å². The van der Waals surface area contributed by atoms with Crippen molar-refractivity contribution in [3.05, 3.63) is 53.1 Å². The Balaban J connectivity index is 1.33. The molecule has 0 aromatic heterocycles. The average molecular weight is 687 g/mol. The summed E-state index contributed by atoms with van der Waals surface area (Å²) in [5.74, 6) is -0.237. The predicted octanol–water partition coefficient (Wildman–Crippen LogP) is 4.62. The summed E-state index contributed by atoms with van der Waals surface area (Å²) in [6, 6.07) is 5.64. The molecular formula is C32H36F6N4O6. The van der Waals surface area contributed by atoms with E-state index in [1.165, 1.54) is 11.8 Å². The van der Waals surface area contributed by atoms with Gasteiger partial charge in [0, 0.05) is 36.4 Å². The molecule has 3 atom stereocenters. The maximum atomic E-state index is 13.6. The standard InChI is InChI=1S/C32H36F6N4O6/c1-5-6-20-13-22(30(46,31(33,34)35)32(36,37)38)7-9-23(20)40-15-19(3)41(16-18(40)2)26(43)17-42-27(44)29(4,39-28(42)45)21-8-10-24-25(14-21)48-12-11-47-24/h7-10,13-14,18-19,46H,5-6,11-12,15-17H2,1-4H3,(H,39,45)/t18?,19-,29+/m0/s1. The van der Waals surface area contributed by atoms with Crippen LogP contribution < -0.4 is 19.7 Å². The lowest BCUT2D eigenvalue weighted by Gasteiger charge is -2.46. The van der Waals surface area contributed by atoms with Crippen molar-refractivity contribution in [1.29, 1.82) is 0 Å². The van der Waals surface area contributed by atoms with Crippen LogP contribution in [0, 0.1) is 0 Å². The minimum absolute atomic E-state index is 0.0887. The number of rotatable bonds is 7. The molecule has 262 valence electrons. The number of hydrogen-bond acceptors (Lipinski definition) is 7. The molecule has 2 N–H and O–H groups in total. The predicted molar refractivity (Wildman–Crippen MR) is 159 cm³/mol. The molecule has 1 unspecified atom stereocenters. The van der Waals surface area contributed by atoms with Gasteiger partial charge in [0.25, 0.3) is 11.5 Å². The quantitative estimate of drug-likeness (QED) is 0.323. The summed E-state index contributed by atoms with van der Waals surface area (Å²) in [5.41, 5.74) is -6.87. The van der Waals surface area contributed by atoms with Crippen LogP contribution in [0.2, 0.25) is 0 Å². The number of imide groups is 1. The van der Waals surface area contributed by atoms with E-state index < -0.39 is 65.5 Å². The fraction of sp³-hybridized carbons (Fsp3) is 0.531. The third kappa shape index (κ3) is 5.87. The summed E-state index contributed by atoms with van der Waals surface area (Å²) < 4.78 is 92.7. The highest BCUT2D eigenvalue weighted by Gasteiger charge is 2.71. The number of carbonyl (C=O) groups is 3. The molecule has 0 aliphatic carbocycles. The Morgan fingerprint density at radius 3 is 2.23 bits per heavy atom. The van der Waals surface area contributed by atoms with Crippen molar-refractivity contribution < 1.29 is 55.3 Å². The molecule has 10 nitrogen and oxygen atoms in total. The minimum atomic E-state index is -6.01. The molecule has 2 fully saturated rings. The number of benzene rings is 2. The molecule has 3 heterocycles. The zero-order valence-electron chi connectivity index (χ0n) is 26.7. The third-order valence-corrected chi connectivity index (χ3v) is 9.14. The Morgan fingerprint density at radius 1 is 0.958 bits per heavy atom. The number of ether oxygens (including phenoxy) is 2. The van der Waals surface area contributed by atoms with Gasteiger partial charge in [0.05, 0.1) is 0 Å². The average Bonchev–Trinajstić information content (AvgIpc) is 3.23. The number of amides is 4. The van der Waals surface area contributed by atoms with Gasteiger partial charge in [-0.05, 0) is 56.5 Å². The summed E-state index contributed by atoms with van der Waals surface area (Å²) in [6.45, 7) is 7.08. The molecule has 0 spiro atoms. The third-order valence-electron chi connectivity index (χ3n) is 9.14. The summed E-state index contributed by atoms with van der Waals surface area (Å²) in [5, 5.41) is 12.6. The molecule has 2 aromatic carbocycles. The van der Waals surface area contributed by atoms with Crippen molar-refractivity contribution in [2.75, 3.05) is 37.7 Å². The number of hydrogen-bond donors (Lipinski definition) is 2. The van der Waals surface area contributed by atoms with Gasteiger partial charge in [-0.3, -0.25) is 14.5 Å². The smallest absolute Gasteiger partial charge is 0.430 e. The van der Waals surface area contributed by atoms with E-state index in [2.05, 4.69) is 5.32 Å². The highest BCUT2D eigenvalue weighted by Crippen LogP contribution is 2.51. The Kier molecular flexibility index (Phi) is 9.03. The van der Waals surface area contributed by atoms with E-state index in [0.717, 1.165) is 17.0 Å². The van der Waals surface area contributed by atoms with Crippen molar-refractivity contribution >= 4 is 23.5 Å². The Morgan fingerprint density at radius 2 is 1.60 bits per heavy atom. The van der Waals surface area contributed by atoms with Gasteiger partial charge in [0.2, 0.25) is 5.91 Å². The van der Waals surface area contributed by atoms with E-state index in [1.807, 2.05) is 0 Å². The summed E-state index contributed by atoms with van der Waals surface area (Å²) in [6.07, 6.45) is -11.5. The van der Waals surface area contributed by atoms with E-state index in [-0.39, 0.29) is 25.1 Å². The van der Waals surface area contributed by atoms with Crippen LogP contribution in [-0.2, 0) is 27.1 Å². The topological polar surface area (TPSA) is 112 Å². The minimum Gasteiger partial charge on any atom is -0.486 e. The molecule has 0 saturated carbocycles. The largest absolute Gasteiger partial charge is 0.486 e. The number of piperazine rings is 1. The SMILES string of the molecule is CCCc1cc(C(O)(C(F)(F)F)C(F)(F)F)ccc1N1C[C@H](C)N(C(=O)CN2C(=O)N[C@](C)(c3ccc4c(c3)OCCO4)C2=O)CC1C. The molecule has 3 aliphatic heterocycles. The number of aliphatic hydroxyl groups is 1. The number of nitrogens with zero attached hydrogens (tertiary/aromatic N) is 3. The van der Waals surface area contributed by atoms with Gasteiger partial charge in [-0.1, -0.05) is 31.5 Å². The van der Waals surface area contributed by atoms with Crippen molar-refractivity contribution in [2.24, 2.45) is 0 Å².